The van der Waals surface area contributed by atoms with E-state index in [1.807, 2.05) is 26.8 Å². The third-order valence-electron chi connectivity index (χ3n) is 6.39. The highest BCUT2D eigenvalue weighted by molar-refractivity contribution is 6.35. The van der Waals surface area contributed by atoms with Crippen LogP contribution in [0.2, 0.25) is 5.15 Å². The number of halogens is 1. The van der Waals surface area contributed by atoms with Gasteiger partial charge in [0.1, 0.15) is 10.8 Å². The van der Waals surface area contributed by atoms with Crippen molar-refractivity contribution in [3.8, 4) is 5.88 Å². The van der Waals surface area contributed by atoms with Gasteiger partial charge in [-0.15, -0.1) is 0 Å². The van der Waals surface area contributed by atoms with Crippen LogP contribution in [0.1, 0.15) is 69.3 Å². The number of methoxy groups -OCH3 is 1. The summed E-state index contributed by atoms with van der Waals surface area (Å²) in [5.41, 5.74) is 0.819. The molecular weight excluding hydrogens is 444 g/mol. The Bertz CT molecular complexity index is 1030. The minimum Gasteiger partial charge on any atom is -0.481 e. The quantitative estimate of drug-likeness (QED) is 0.629. The maximum Gasteiger partial charge on any atom is 0.410 e. The molecule has 0 bridgehead atoms. The van der Waals surface area contributed by atoms with E-state index in [2.05, 4.69) is 9.55 Å². The van der Waals surface area contributed by atoms with Crippen molar-refractivity contribution in [2.24, 2.45) is 0 Å². The Morgan fingerprint density at radius 3 is 2.30 bits per heavy atom. The zero-order chi connectivity index (χ0) is 23.8. The molecule has 1 aliphatic carbocycles. The summed E-state index contributed by atoms with van der Waals surface area (Å²) >= 11 is 6.91. The maximum atomic E-state index is 13.6. The Morgan fingerprint density at radius 2 is 1.70 bits per heavy atom. The molecule has 33 heavy (non-hydrogen) atoms. The van der Waals surface area contributed by atoms with Gasteiger partial charge in [0, 0.05) is 49.9 Å². The second-order valence-corrected chi connectivity index (χ2v) is 10.2. The smallest absolute Gasteiger partial charge is 0.410 e. The topological polar surface area (TPSA) is 76.9 Å². The molecule has 0 radical (unpaired) electrons. The summed E-state index contributed by atoms with van der Waals surface area (Å²) < 4.78 is 12.9. The van der Waals surface area contributed by atoms with Crippen molar-refractivity contribution in [1.29, 1.82) is 0 Å². The number of carbonyl (C=O) groups is 2. The van der Waals surface area contributed by atoms with Crippen molar-refractivity contribution in [3.63, 3.8) is 0 Å². The van der Waals surface area contributed by atoms with Crippen LogP contribution in [0.25, 0.3) is 10.9 Å². The zero-order valence-electron chi connectivity index (χ0n) is 19.9. The lowest BCUT2D eigenvalue weighted by Crippen LogP contribution is -2.51. The van der Waals surface area contributed by atoms with Gasteiger partial charge >= 0.3 is 6.09 Å². The van der Waals surface area contributed by atoms with E-state index in [1.54, 1.807) is 23.1 Å². The number of piperazine rings is 1. The predicted octanol–water partition coefficient (Wildman–Crippen LogP) is 4.90. The fraction of sp³-hybridized carbons (Fsp3) is 0.625. The highest BCUT2D eigenvalue weighted by Crippen LogP contribution is 2.39. The summed E-state index contributed by atoms with van der Waals surface area (Å²) in [6.45, 7) is 7.23. The van der Waals surface area contributed by atoms with Crippen LogP contribution in [-0.2, 0) is 4.74 Å². The van der Waals surface area contributed by atoms with Crippen LogP contribution in [0.5, 0.6) is 5.88 Å². The zero-order valence-corrected chi connectivity index (χ0v) is 20.7. The third kappa shape index (κ3) is 4.90. The van der Waals surface area contributed by atoms with Crippen LogP contribution in [0.3, 0.4) is 0 Å². The number of hydrogen-bond donors (Lipinski definition) is 0. The SMILES string of the molecule is COc1cc2c(cn1)c(C(=O)N1CCN(C(=O)OC(C)(C)C)CC1)c(Cl)n2C1CCCCC1. The fourth-order valence-corrected chi connectivity index (χ4v) is 5.16. The van der Waals surface area contributed by atoms with Gasteiger partial charge in [-0.2, -0.15) is 0 Å². The number of ether oxygens (including phenoxy) is 2. The lowest BCUT2D eigenvalue weighted by molar-refractivity contribution is 0.0141. The molecule has 2 amide bonds. The van der Waals surface area contributed by atoms with E-state index >= 15 is 0 Å². The largest absolute Gasteiger partial charge is 0.481 e. The molecule has 2 fully saturated rings. The van der Waals surface area contributed by atoms with Gasteiger partial charge in [0.2, 0.25) is 5.88 Å². The molecular formula is C24H33ClN4O4. The monoisotopic (exact) mass is 476 g/mol. The van der Waals surface area contributed by atoms with E-state index in [4.69, 9.17) is 21.1 Å². The summed E-state index contributed by atoms with van der Waals surface area (Å²) in [5.74, 6) is 0.370. The van der Waals surface area contributed by atoms with E-state index in [0.29, 0.717) is 42.8 Å². The molecule has 0 unspecified atom stereocenters. The van der Waals surface area contributed by atoms with Gasteiger partial charge in [0.15, 0.2) is 0 Å². The molecule has 1 aliphatic heterocycles. The molecule has 0 N–H and O–H groups in total. The number of rotatable bonds is 3. The lowest BCUT2D eigenvalue weighted by Gasteiger charge is -2.35. The number of amides is 2. The van der Waals surface area contributed by atoms with Crippen molar-refractivity contribution < 1.29 is 19.1 Å². The Labute approximate surface area is 199 Å². The van der Waals surface area contributed by atoms with Crippen molar-refractivity contribution in [2.45, 2.75) is 64.5 Å². The maximum absolute atomic E-state index is 13.6. The Kier molecular flexibility index (Phi) is 6.75. The molecule has 3 heterocycles. The summed E-state index contributed by atoms with van der Waals surface area (Å²) in [5, 5.41) is 1.21. The molecule has 2 aromatic heterocycles. The second kappa shape index (κ2) is 9.41. The molecule has 4 rings (SSSR count). The predicted molar refractivity (Wildman–Crippen MR) is 127 cm³/mol. The van der Waals surface area contributed by atoms with E-state index < -0.39 is 5.60 Å². The van der Waals surface area contributed by atoms with Gasteiger partial charge in [-0.3, -0.25) is 4.79 Å². The Hall–Kier alpha value is -2.48. The molecule has 9 heteroatoms. The van der Waals surface area contributed by atoms with E-state index in [0.717, 1.165) is 36.6 Å². The molecule has 8 nitrogen and oxygen atoms in total. The molecule has 0 atom stereocenters. The first-order valence-electron chi connectivity index (χ1n) is 11.7. The number of pyridine rings is 1. The number of hydrogen-bond acceptors (Lipinski definition) is 5. The first-order valence-corrected chi connectivity index (χ1v) is 12.1. The van der Waals surface area contributed by atoms with Gasteiger partial charge in [-0.1, -0.05) is 30.9 Å². The molecule has 1 saturated heterocycles. The molecule has 180 valence electrons. The fourth-order valence-electron chi connectivity index (χ4n) is 4.74. The standard InChI is InChI=1S/C24H33ClN4O4/c1-24(2,3)33-23(31)28-12-10-27(11-13-28)22(30)20-17-15-26-19(32-4)14-18(17)29(21(20)25)16-8-6-5-7-9-16/h14-16H,5-13H2,1-4H3. The highest BCUT2D eigenvalue weighted by Gasteiger charge is 2.32. The first-order chi connectivity index (χ1) is 15.7. The summed E-state index contributed by atoms with van der Waals surface area (Å²) in [6, 6.07) is 2.12. The molecule has 1 saturated carbocycles. The van der Waals surface area contributed by atoms with Crippen LogP contribution < -0.4 is 4.74 Å². The number of nitrogens with zero attached hydrogens (tertiary/aromatic N) is 4. The van der Waals surface area contributed by atoms with Gasteiger partial charge in [-0.25, -0.2) is 9.78 Å². The van der Waals surface area contributed by atoms with E-state index in [1.165, 1.54) is 6.42 Å². The van der Waals surface area contributed by atoms with Crippen molar-refractivity contribution in [2.75, 3.05) is 33.3 Å². The highest BCUT2D eigenvalue weighted by atomic mass is 35.5. The Balaban J connectivity index is 1.60. The number of aromatic nitrogens is 2. The van der Waals surface area contributed by atoms with Crippen molar-refractivity contribution in [1.82, 2.24) is 19.4 Å². The first kappa shape index (κ1) is 23.7. The second-order valence-electron chi connectivity index (χ2n) is 9.83. The van der Waals surface area contributed by atoms with Crippen molar-refractivity contribution >= 4 is 34.5 Å². The minimum absolute atomic E-state index is 0.129. The summed E-state index contributed by atoms with van der Waals surface area (Å²) in [6.07, 6.45) is 6.94. The van der Waals surface area contributed by atoms with Crippen LogP contribution in [-0.4, -0.2) is 70.2 Å². The minimum atomic E-state index is -0.549. The van der Waals surface area contributed by atoms with Gasteiger partial charge < -0.3 is 23.8 Å². The van der Waals surface area contributed by atoms with Crippen LogP contribution in [0.4, 0.5) is 4.79 Å². The number of carbonyl (C=O) groups excluding carboxylic acids is 2. The molecule has 0 aromatic carbocycles. The molecule has 2 aromatic rings. The Morgan fingerprint density at radius 1 is 1.06 bits per heavy atom. The van der Waals surface area contributed by atoms with Crippen LogP contribution in [0.15, 0.2) is 12.3 Å². The summed E-state index contributed by atoms with van der Waals surface area (Å²) in [7, 11) is 1.58. The average molecular weight is 477 g/mol. The van der Waals surface area contributed by atoms with Gasteiger partial charge in [0.25, 0.3) is 5.91 Å². The van der Waals surface area contributed by atoms with Gasteiger partial charge in [0.05, 0.1) is 18.2 Å². The van der Waals surface area contributed by atoms with Gasteiger partial charge in [-0.05, 0) is 33.6 Å². The molecule has 0 spiro atoms. The van der Waals surface area contributed by atoms with Crippen LogP contribution in [0, 0.1) is 0 Å². The van der Waals surface area contributed by atoms with Crippen LogP contribution >= 0.6 is 11.6 Å². The van der Waals surface area contributed by atoms with Crippen molar-refractivity contribution in [3.05, 3.63) is 23.0 Å². The number of fused-ring (bicyclic) bond motifs is 1. The average Bonchev–Trinajstić information content (AvgIpc) is 3.08. The summed E-state index contributed by atoms with van der Waals surface area (Å²) in [4.78, 5) is 33.8. The normalized spacial score (nSPS) is 18.0. The van der Waals surface area contributed by atoms with E-state index in [9.17, 15) is 9.59 Å². The van der Waals surface area contributed by atoms with E-state index in [-0.39, 0.29) is 18.0 Å². The lowest BCUT2D eigenvalue weighted by atomic mass is 9.95. The third-order valence-corrected chi connectivity index (χ3v) is 6.76. The molecule has 2 aliphatic rings.